The van der Waals surface area contributed by atoms with Crippen molar-refractivity contribution in [2.24, 2.45) is 0 Å². The summed E-state index contributed by atoms with van der Waals surface area (Å²) in [6.45, 7) is 5.28. The lowest BCUT2D eigenvalue weighted by molar-refractivity contribution is 0.101. The number of fused-ring (bicyclic) bond motifs is 1. The van der Waals surface area contributed by atoms with Crippen LogP contribution in [0.15, 0.2) is 47.4 Å². The van der Waals surface area contributed by atoms with E-state index in [4.69, 9.17) is 9.47 Å². The number of sulfonamides is 1. The molecule has 0 saturated carbocycles. The molecule has 2 aromatic rings. The molecule has 0 bridgehead atoms. The fourth-order valence-electron chi connectivity index (χ4n) is 3.83. The van der Waals surface area contributed by atoms with Gasteiger partial charge in [-0.05, 0) is 43.7 Å². The first-order valence-corrected chi connectivity index (χ1v) is 12.3. The summed E-state index contributed by atoms with van der Waals surface area (Å²) in [6, 6.07) is 11.0. The molecule has 10 heteroatoms. The molecule has 2 aliphatic heterocycles. The third-order valence-corrected chi connectivity index (χ3v) is 7.74. The predicted molar refractivity (Wildman–Crippen MR) is 121 cm³/mol. The molecule has 4 rings (SSSR count). The molecule has 0 aliphatic carbocycles. The molecule has 1 saturated heterocycles. The van der Waals surface area contributed by atoms with E-state index in [2.05, 4.69) is 5.32 Å². The van der Waals surface area contributed by atoms with Gasteiger partial charge in [0, 0.05) is 31.7 Å². The second kappa shape index (κ2) is 9.40. The molecule has 1 atom stereocenters. The van der Waals surface area contributed by atoms with Gasteiger partial charge in [0.2, 0.25) is 10.0 Å². The van der Waals surface area contributed by atoms with Crippen molar-refractivity contribution >= 4 is 21.8 Å². The van der Waals surface area contributed by atoms with Crippen molar-refractivity contribution in [3.05, 3.63) is 53.6 Å². The van der Waals surface area contributed by atoms with Gasteiger partial charge in [-0.2, -0.15) is 4.31 Å². The highest BCUT2D eigenvalue weighted by molar-refractivity contribution is 7.89. The zero-order valence-corrected chi connectivity index (χ0v) is 19.4. The SMILES string of the molecule is CC(=O)c1ccc(S(=O)(=O)N2CCN(C(=O)N[C@@H](C)c3ccc4c(c3)OCCO4)CC2)cc1. The second-order valence-corrected chi connectivity index (χ2v) is 9.98. The van der Waals surface area contributed by atoms with Crippen LogP contribution in [0.2, 0.25) is 0 Å². The van der Waals surface area contributed by atoms with Crippen LogP contribution in [0, 0.1) is 0 Å². The van der Waals surface area contributed by atoms with Crippen LogP contribution in [0.4, 0.5) is 4.79 Å². The molecule has 1 N–H and O–H groups in total. The lowest BCUT2D eigenvalue weighted by Gasteiger charge is -2.34. The van der Waals surface area contributed by atoms with Crippen LogP contribution < -0.4 is 14.8 Å². The lowest BCUT2D eigenvalue weighted by Crippen LogP contribution is -2.53. The van der Waals surface area contributed by atoms with Gasteiger partial charge in [-0.3, -0.25) is 4.79 Å². The number of benzene rings is 2. The number of urea groups is 1. The van der Waals surface area contributed by atoms with Crippen LogP contribution in [0.1, 0.15) is 35.8 Å². The number of rotatable bonds is 5. The Labute approximate surface area is 193 Å². The Kier molecular flexibility index (Phi) is 6.57. The molecule has 0 unspecified atom stereocenters. The zero-order valence-electron chi connectivity index (χ0n) is 18.6. The number of nitrogens with one attached hydrogen (secondary N) is 1. The van der Waals surface area contributed by atoms with Gasteiger partial charge in [-0.15, -0.1) is 0 Å². The molecule has 9 nitrogen and oxygen atoms in total. The summed E-state index contributed by atoms with van der Waals surface area (Å²) in [4.78, 5) is 25.9. The van der Waals surface area contributed by atoms with Gasteiger partial charge in [0.25, 0.3) is 0 Å². The van der Waals surface area contributed by atoms with Gasteiger partial charge < -0.3 is 19.7 Å². The van der Waals surface area contributed by atoms with Gasteiger partial charge in [-0.1, -0.05) is 18.2 Å². The summed E-state index contributed by atoms with van der Waals surface area (Å²) >= 11 is 0. The van der Waals surface area contributed by atoms with Gasteiger partial charge >= 0.3 is 6.03 Å². The molecule has 33 heavy (non-hydrogen) atoms. The molecule has 0 radical (unpaired) electrons. The Morgan fingerprint density at radius 3 is 2.21 bits per heavy atom. The number of carbonyl (C=O) groups is 2. The maximum Gasteiger partial charge on any atom is 0.317 e. The number of carbonyl (C=O) groups excluding carboxylic acids is 2. The molecule has 2 heterocycles. The molecule has 0 aromatic heterocycles. The zero-order chi connectivity index (χ0) is 23.6. The number of piperazine rings is 1. The first-order chi connectivity index (χ1) is 15.8. The Balaban J connectivity index is 1.34. The highest BCUT2D eigenvalue weighted by Crippen LogP contribution is 2.32. The summed E-state index contributed by atoms with van der Waals surface area (Å²) in [5, 5.41) is 2.97. The number of ketones is 1. The van der Waals surface area contributed by atoms with E-state index in [0.717, 1.165) is 5.56 Å². The molecular weight excluding hydrogens is 446 g/mol. The smallest absolute Gasteiger partial charge is 0.317 e. The van der Waals surface area contributed by atoms with E-state index in [1.807, 2.05) is 25.1 Å². The summed E-state index contributed by atoms with van der Waals surface area (Å²) < 4.78 is 38.4. The van der Waals surface area contributed by atoms with Gasteiger partial charge in [0.05, 0.1) is 10.9 Å². The Morgan fingerprint density at radius 1 is 0.939 bits per heavy atom. The molecule has 2 amide bonds. The fourth-order valence-corrected chi connectivity index (χ4v) is 5.25. The molecule has 1 fully saturated rings. The maximum atomic E-state index is 12.9. The molecule has 176 valence electrons. The summed E-state index contributed by atoms with van der Waals surface area (Å²) in [5.74, 6) is 1.23. The average Bonchev–Trinajstić information content (AvgIpc) is 2.83. The largest absolute Gasteiger partial charge is 0.486 e. The first-order valence-electron chi connectivity index (χ1n) is 10.8. The van der Waals surface area contributed by atoms with Crippen LogP contribution in [0.25, 0.3) is 0 Å². The standard InChI is InChI=1S/C23H27N3O6S/c1-16(19-5-8-21-22(15-19)32-14-13-31-21)24-23(28)25-9-11-26(12-10-25)33(29,30)20-6-3-18(4-7-20)17(2)27/h3-8,15-16H,9-14H2,1-2H3,(H,24,28)/t16-/m0/s1. The van der Waals surface area contributed by atoms with E-state index in [0.29, 0.717) is 30.3 Å². The minimum atomic E-state index is -3.69. The van der Waals surface area contributed by atoms with E-state index in [1.54, 1.807) is 4.90 Å². The number of ether oxygens (including phenoxy) is 2. The molecular formula is C23H27N3O6S. The highest BCUT2D eigenvalue weighted by Gasteiger charge is 2.30. The van der Waals surface area contributed by atoms with Crippen molar-refractivity contribution in [1.29, 1.82) is 0 Å². The average molecular weight is 474 g/mol. The van der Waals surface area contributed by atoms with Crippen LogP contribution >= 0.6 is 0 Å². The van der Waals surface area contributed by atoms with E-state index in [9.17, 15) is 18.0 Å². The van der Waals surface area contributed by atoms with Crippen molar-refractivity contribution in [3.63, 3.8) is 0 Å². The Morgan fingerprint density at radius 2 is 1.58 bits per heavy atom. The van der Waals surface area contributed by atoms with Crippen molar-refractivity contribution in [2.45, 2.75) is 24.8 Å². The van der Waals surface area contributed by atoms with Crippen LogP contribution in [-0.4, -0.2) is 68.8 Å². The van der Waals surface area contributed by atoms with Crippen molar-refractivity contribution < 1.29 is 27.5 Å². The Hall–Kier alpha value is -3.11. The van der Waals surface area contributed by atoms with E-state index in [1.165, 1.54) is 35.5 Å². The van der Waals surface area contributed by atoms with Crippen molar-refractivity contribution in [2.75, 3.05) is 39.4 Å². The van der Waals surface area contributed by atoms with Crippen molar-refractivity contribution in [1.82, 2.24) is 14.5 Å². The number of hydrogen-bond donors (Lipinski definition) is 1. The van der Waals surface area contributed by atoms with Crippen LogP contribution in [0.5, 0.6) is 11.5 Å². The summed E-state index contributed by atoms with van der Waals surface area (Å²) in [7, 11) is -3.69. The van der Waals surface area contributed by atoms with E-state index in [-0.39, 0.29) is 48.9 Å². The molecule has 2 aromatic carbocycles. The lowest BCUT2D eigenvalue weighted by atomic mass is 10.1. The number of amides is 2. The third kappa shape index (κ3) is 4.96. The highest BCUT2D eigenvalue weighted by atomic mass is 32.2. The minimum Gasteiger partial charge on any atom is -0.486 e. The second-order valence-electron chi connectivity index (χ2n) is 8.05. The van der Waals surface area contributed by atoms with Crippen molar-refractivity contribution in [3.8, 4) is 11.5 Å². The van der Waals surface area contributed by atoms with Crippen LogP contribution in [0.3, 0.4) is 0 Å². The molecule has 2 aliphatic rings. The van der Waals surface area contributed by atoms with E-state index >= 15 is 0 Å². The van der Waals surface area contributed by atoms with Crippen LogP contribution in [-0.2, 0) is 10.0 Å². The molecule has 0 spiro atoms. The predicted octanol–water partition coefficient (Wildman–Crippen LogP) is 2.44. The maximum absolute atomic E-state index is 12.9. The number of nitrogens with zero attached hydrogens (tertiary/aromatic N) is 2. The topological polar surface area (TPSA) is 105 Å². The number of Topliss-reactive ketones (excluding diaryl/α,β-unsaturated/α-hetero) is 1. The fraction of sp³-hybridized carbons (Fsp3) is 0.391. The first kappa shape index (κ1) is 23.1. The summed E-state index contributed by atoms with van der Waals surface area (Å²) in [6.07, 6.45) is 0. The third-order valence-electron chi connectivity index (χ3n) is 5.83. The quantitative estimate of drug-likeness (QED) is 0.669. The Bertz CT molecular complexity index is 1140. The normalized spacial score (nSPS) is 17.3. The van der Waals surface area contributed by atoms with Gasteiger partial charge in [-0.25, -0.2) is 13.2 Å². The summed E-state index contributed by atoms with van der Waals surface area (Å²) in [5.41, 5.74) is 1.35. The van der Waals surface area contributed by atoms with Gasteiger partial charge in [0.15, 0.2) is 17.3 Å². The van der Waals surface area contributed by atoms with Gasteiger partial charge in [0.1, 0.15) is 13.2 Å². The minimum absolute atomic E-state index is 0.121. The number of hydrogen-bond acceptors (Lipinski definition) is 6. The monoisotopic (exact) mass is 473 g/mol. The van der Waals surface area contributed by atoms with E-state index < -0.39 is 10.0 Å².